The molecule has 7 nitrogen and oxygen atoms in total. The number of nitrogens with zero attached hydrogens (tertiary/aromatic N) is 2. The molecule has 168 valence electrons. The van der Waals surface area contributed by atoms with Gasteiger partial charge in [-0.05, 0) is 30.9 Å². The third-order valence-electron chi connectivity index (χ3n) is 5.63. The molecule has 0 saturated carbocycles. The van der Waals surface area contributed by atoms with E-state index in [0.717, 1.165) is 25.7 Å². The van der Waals surface area contributed by atoms with Crippen LogP contribution in [0.2, 0.25) is 0 Å². The second-order valence-corrected chi connectivity index (χ2v) is 10.4. The fourth-order valence-electron chi connectivity index (χ4n) is 4.10. The van der Waals surface area contributed by atoms with Gasteiger partial charge in [0, 0.05) is 45.2 Å². The van der Waals surface area contributed by atoms with Gasteiger partial charge in [0.2, 0.25) is 15.9 Å². The molecule has 0 radical (unpaired) electrons. The van der Waals surface area contributed by atoms with Crippen molar-refractivity contribution >= 4 is 15.9 Å². The minimum atomic E-state index is -3.89. The SMILES string of the molecule is CC(C)CN1CCO[C@H](CNC(=O)C2CCN(S(=O)(=O)c3ccccc3F)CC2)C1. The largest absolute Gasteiger partial charge is 0.374 e. The van der Waals surface area contributed by atoms with E-state index >= 15 is 0 Å². The van der Waals surface area contributed by atoms with Crippen molar-refractivity contribution in [3.63, 3.8) is 0 Å². The standard InChI is InChI=1S/C21H32FN3O4S/c1-16(2)14-24-11-12-29-18(15-24)13-23-21(26)17-7-9-25(10-8-17)30(27,28)20-6-4-3-5-19(20)22/h3-6,16-18H,7-15H2,1-2H3,(H,23,26)/t18-/m1/s1. The maximum Gasteiger partial charge on any atom is 0.245 e. The monoisotopic (exact) mass is 441 g/mol. The molecule has 2 fully saturated rings. The van der Waals surface area contributed by atoms with Crippen LogP contribution in [-0.2, 0) is 19.6 Å². The summed E-state index contributed by atoms with van der Waals surface area (Å²) in [5.74, 6) is -0.476. The zero-order valence-electron chi connectivity index (χ0n) is 17.7. The van der Waals surface area contributed by atoms with E-state index in [1.54, 1.807) is 0 Å². The van der Waals surface area contributed by atoms with Crippen LogP contribution in [0.25, 0.3) is 0 Å². The van der Waals surface area contributed by atoms with E-state index in [-0.39, 0.29) is 35.9 Å². The molecule has 2 aliphatic heterocycles. The van der Waals surface area contributed by atoms with Crippen LogP contribution in [0, 0.1) is 17.7 Å². The molecule has 2 heterocycles. The molecule has 0 aliphatic carbocycles. The molecule has 1 amide bonds. The number of carbonyl (C=O) groups is 1. The molecule has 0 spiro atoms. The fraction of sp³-hybridized carbons (Fsp3) is 0.667. The van der Waals surface area contributed by atoms with E-state index in [1.165, 1.54) is 22.5 Å². The second kappa shape index (κ2) is 10.2. The number of rotatable bonds is 7. The van der Waals surface area contributed by atoms with Crippen LogP contribution in [0.3, 0.4) is 0 Å². The predicted octanol–water partition coefficient (Wildman–Crippen LogP) is 1.70. The van der Waals surface area contributed by atoms with E-state index in [2.05, 4.69) is 24.1 Å². The number of ether oxygens (including phenoxy) is 1. The normalized spacial score (nSPS) is 22.3. The Morgan fingerprint density at radius 2 is 1.93 bits per heavy atom. The van der Waals surface area contributed by atoms with Crippen molar-refractivity contribution in [3.8, 4) is 0 Å². The Morgan fingerprint density at radius 1 is 1.23 bits per heavy atom. The molecule has 9 heteroatoms. The molecular formula is C21H32FN3O4S. The minimum absolute atomic E-state index is 0.0250. The van der Waals surface area contributed by atoms with Crippen LogP contribution < -0.4 is 5.32 Å². The number of hydrogen-bond acceptors (Lipinski definition) is 5. The van der Waals surface area contributed by atoms with E-state index in [1.807, 2.05) is 0 Å². The molecule has 2 aliphatic rings. The average molecular weight is 442 g/mol. The minimum Gasteiger partial charge on any atom is -0.374 e. The second-order valence-electron chi connectivity index (χ2n) is 8.50. The molecule has 1 aromatic carbocycles. The van der Waals surface area contributed by atoms with Gasteiger partial charge in [0.05, 0.1) is 12.7 Å². The van der Waals surface area contributed by atoms with Gasteiger partial charge in [0.25, 0.3) is 0 Å². The van der Waals surface area contributed by atoms with Gasteiger partial charge in [-0.1, -0.05) is 26.0 Å². The quantitative estimate of drug-likeness (QED) is 0.697. The molecule has 3 rings (SSSR count). The lowest BCUT2D eigenvalue weighted by molar-refractivity contribution is -0.127. The topological polar surface area (TPSA) is 79.0 Å². The summed E-state index contributed by atoms with van der Waals surface area (Å²) >= 11 is 0. The number of morpholine rings is 1. The molecular weight excluding hydrogens is 409 g/mol. The van der Waals surface area contributed by atoms with Gasteiger partial charge in [-0.3, -0.25) is 9.69 Å². The molecule has 1 atom stereocenters. The smallest absolute Gasteiger partial charge is 0.245 e. The number of nitrogens with one attached hydrogen (secondary N) is 1. The summed E-state index contributed by atoms with van der Waals surface area (Å²) in [6, 6.07) is 5.38. The Kier molecular flexibility index (Phi) is 7.84. The number of halogens is 1. The number of piperidine rings is 1. The lowest BCUT2D eigenvalue weighted by Crippen LogP contribution is -2.50. The summed E-state index contributed by atoms with van der Waals surface area (Å²) in [5.41, 5.74) is 0. The van der Waals surface area contributed by atoms with Crippen LogP contribution in [-0.4, -0.2) is 75.5 Å². The van der Waals surface area contributed by atoms with Crippen molar-refractivity contribution in [3.05, 3.63) is 30.1 Å². The summed E-state index contributed by atoms with van der Waals surface area (Å²) < 4.78 is 46.3. The van der Waals surface area contributed by atoms with Gasteiger partial charge in [-0.25, -0.2) is 12.8 Å². The summed E-state index contributed by atoms with van der Waals surface area (Å²) in [4.78, 5) is 14.6. The summed E-state index contributed by atoms with van der Waals surface area (Å²) in [7, 11) is -3.89. The van der Waals surface area contributed by atoms with Gasteiger partial charge in [-0.15, -0.1) is 0 Å². The molecule has 0 bridgehead atoms. The number of sulfonamides is 1. The lowest BCUT2D eigenvalue weighted by Gasteiger charge is -2.34. The Bertz CT molecular complexity index is 825. The first-order chi connectivity index (χ1) is 14.3. The summed E-state index contributed by atoms with van der Waals surface area (Å²) in [5, 5.41) is 2.97. The Labute approximate surface area is 178 Å². The first kappa shape index (κ1) is 23.1. The number of benzene rings is 1. The van der Waals surface area contributed by atoms with E-state index < -0.39 is 15.8 Å². The predicted molar refractivity (Wildman–Crippen MR) is 112 cm³/mol. The first-order valence-corrected chi connectivity index (χ1v) is 12.1. The van der Waals surface area contributed by atoms with Crippen molar-refractivity contribution < 1.29 is 22.3 Å². The summed E-state index contributed by atoms with van der Waals surface area (Å²) in [6.07, 6.45) is 0.817. The number of carbonyl (C=O) groups excluding carboxylic acids is 1. The maximum atomic E-state index is 13.9. The molecule has 0 aromatic heterocycles. The molecule has 2 saturated heterocycles. The molecule has 30 heavy (non-hydrogen) atoms. The van der Waals surface area contributed by atoms with Gasteiger partial charge in [0.1, 0.15) is 10.7 Å². The van der Waals surface area contributed by atoms with Crippen LogP contribution in [0.4, 0.5) is 4.39 Å². The highest BCUT2D eigenvalue weighted by molar-refractivity contribution is 7.89. The van der Waals surface area contributed by atoms with Crippen LogP contribution >= 0.6 is 0 Å². The zero-order chi connectivity index (χ0) is 21.7. The lowest BCUT2D eigenvalue weighted by atomic mass is 9.97. The summed E-state index contributed by atoms with van der Waals surface area (Å²) in [6.45, 7) is 8.64. The van der Waals surface area contributed by atoms with Crippen molar-refractivity contribution in [1.29, 1.82) is 0 Å². The fourth-order valence-corrected chi connectivity index (χ4v) is 5.63. The van der Waals surface area contributed by atoms with Gasteiger partial charge >= 0.3 is 0 Å². The van der Waals surface area contributed by atoms with Crippen molar-refractivity contribution in [2.24, 2.45) is 11.8 Å². The average Bonchev–Trinajstić information content (AvgIpc) is 2.72. The third kappa shape index (κ3) is 5.78. The number of amides is 1. The Balaban J connectivity index is 1.47. The Hall–Kier alpha value is -1.55. The molecule has 0 unspecified atom stereocenters. The highest BCUT2D eigenvalue weighted by atomic mass is 32.2. The van der Waals surface area contributed by atoms with Gasteiger partial charge in [-0.2, -0.15) is 4.31 Å². The third-order valence-corrected chi connectivity index (χ3v) is 7.56. The highest BCUT2D eigenvalue weighted by Crippen LogP contribution is 2.25. The van der Waals surface area contributed by atoms with E-state index in [4.69, 9.17) is 4.74 Å². The highest BCUT2D eigenvalue weighted by Gasteiger charge is 2.33. The number of hydrogen-bond donors (Lipinski definition) is 1. The van der Waals surface area contributed by atoms with Crippen LogP contribution in [0.15, 0.2) is 29.2 Å². The van der Waals surface area contributed by atoms with Crippen molar-refractivity contribution in [2.75, 3.05) is 45.9 Å². The van der Waals surface area contributed by atoms with E-state index in [0.29, 0.717) is 31.9 Å². The zero-order valence-corrected chi connectivity index (χ0v) is 18.5. The first-order valence-electron chi connectivity index (χ1n) is 10.6. The Morgan fingerprint density at radius 3 is 2.60 bits per heavy atom. The van der Waals surface area contributed by atoms with Crippen molar-refractivity contribution in [1.82, 2.24) is 14.5 Å². The van der Waals surface area contributed by atoms with Crippen LogP contribution in [0.5, 0.6) is 0 Å². The molecule has 1 aromatic rings. The van der Waals surface area contributed by atoms with Gasteiger partial charge in [0.15, 0.2) is 0 Å². The van der Waals surface area contributed by atoms with Crippen molar-refractivity contribution in [2.45, 2.75) is 37.7 Å². The molecule has 1 N–H and O–H groups in total. The van der Waals surface area contributed by atoms with Gasteiger partial charge < -0.3 is 10.1 Å². The maximum absolute atomic E-state index is 13.9. The van der Waals surface area contributed by atoms with E-state index in [9.17, 15) is 17.6 Å². The van der Waals surface area contributed by atoms with Crippen LogP contribution in [0.1, 0.15) is 26.7 Å².